The molecule has 24 heavy (non-hydrogen) atoms. The van der Waals surface area contributed by atoms with Gasteiger partial charge in [0.15, 0.2) is 0 Å². The van der Waals surface area contributed by atoms with Gasteiger partial charge in [0.2, 0.25) is 5.91 Å². The average Bonchev–Trinajstić information content (AvgIpc) is 3.11. The molecule has 0 unspecified atom stereocenters. The van der Waals surface area contributed by atoms with E-state index in [0.717, 1.165) is 19.5 Å². The van der Waals surface area contributed by atoms with E-state index in [4.69, 9.17) is 0 Å². The van der Waals surface area contributed by atoms with Crippen LogP contribution in [-0.2, 0) is 11.3 Å². The molecule has 0 aromatic heterocycles. The largest absolute Gasteiger partial charge is 0.351 e. The van der Waals surface area contributed by atoms with Crippen LogP contribution in [0.4, 0.5) is 4.39 Å². The van der Waals surface area contributed by atoms with Crippen LogP contribution < -0.4 is 5.32 Å². The molecule has 1 N–H and O–H groups in total. The molecule has 2 atom stereocenters. The standard InChI is InChI=1S/C20H23FN2O/c1-15(20(24)22-13-17-9-5-6-10-19(17)21)23-12-11-18(14-23)16-7-3-2-4-8-16/h2-10,15,18H,11-14H2,1H3,(H,22,24)/t15-,18+/m0/s1. The summed E-state index contributed by atoms with van der Waals surface area (Å²) in [6, 6.07) is 16.8. The second-order valence-corrected chi connectivity index (χ2v) is 6.38. The molecule has 1 fully saturated rings. The van der Waals surface area contributed by atoms with Crippen molar-refractivity contribution >= 4 is 5.91 Å². The number of nitrogens with zero attached hydrogens (tertiary/aromatic N) is 1. The van der Waals surface area contributed by atoms with E-state index in [9.17, 15) is 9.18 Å². The van der Waals surface area contributed by atoms with E-state index in [1.165, 1.54) is 11.6 Å². The van der Waals surface area contributed by atoms with Gasteiger partial charge < -0.3 is 5.32 Å². The van der Waals surface area contributed by atoms with Gasteiger partial charge in [-0.1, -0.05) is 48.5 Å². The first-order valence-corrected chi connectivity index (χ1v) is 8.45. The number of carbonyl (C=O) groups is 1. The Morgan fingerprint density at radius 2 is 1.92 bits per heavy atom. The van der Waals surface area contributed by atoms with Crippen molar-refractivity contribution in [3.63, 3.8) is 0 Å². The Hall–Kier alpha value is -2.20. The monoisotopic (exact) mass is 326 g/mol. The van der Waals surface area contributed by atoms with Crippen LogP contribution >= 0.6 is 0 Å². The van der Waals surface area contributed by atoms with Crippen LogP contribution in [-0.4, -0.2) is 29.9 Å². The molecule has 0 bridgehead atoms. The predicted molar refractivity (Wildman–Crippen MR) is 93.1 cm³/mol. The van der Waals surface area contributed by atoms with E-state index in [-0.39, 0.29) is 24.3 Å². The molecule has 3 rings (SSSR count). The normalized spacial score (nSPS) is 19.2. The highest BCUT2D eigenvalue weighted by atomic mass is 19.1. The Morgan fingerprint density at radius 1 is 1.21 bits per heavy atom. The fourth-order valence-electron chi connectivity index (χ4n) is 3.27. The van der Waals surface area contributed by atoms with Crippen molar-refractivity contribution in [2.24, 2.45) is 0 Å². The van der Waals surface area contributed by atoms with Crippen molar-refractivity contribution in [3.05, 3.63) is 71.5 Å². The number of benzene rings is 2. The Bertz CT molecular complexity index is 689. The smallest absolute Gasteiger partial charge is 0.237 e. The lowest BCUT2D eigenvalue weighted by molar-refractivity contribution is -0.125. The van der Waals surface area contributed by atoms with Gasteiger partial charge in [-0.25, -0.2) is 4.39 Å². The van der Waals surface area contributed by atoms with E-state index < -0.39 is 0 Å². The van der Waals surface area contributed by atoms with Crippen molar-refractivity contribution in [2.75, 3.05) is 13.1 Å². The third-order valence-corrected chi connectivity index (χ3v) is 4.83. The van der Waals surface area contributed by atoms with Crippen molar-refractivity contribution in [2.45, 2.75) is 31.8 Å². The van der Waals surface area contributed by atoms with E-state index >= 15 is 0 Å². The number of nitrogens with one attached hydrogen (secondary N) is 1. The number of likely N-dealkylation sites (tertiary alicyclic amines) is 1. The highest BCUT2D eigenvalue weighted by Gasteiger charge is 2.30. The molecule has 0 aliphatic carbocycles. The first-order valence-electron chi connectivity index (χ1n) is 8.45. The predicted octanol–water partition coefficient (Wildman–Crippen LogP) is 3.32. The summed E-state index contributed by atoms with van der Waals surface area (Å²) in [7, 11) is 0. The summed E-state index contributed by atoms with van der Waals surface area (Å²) < 4.78 is 13.6. The minimum atomic E-state index is -0.282. The zero-order chi connectivity index (χ0) is 16.9. The van der Waals surface area contributed by atoms with Gasteiger partial charge in [-0.05, 0) is 37.4 Å². The summed E-state index contributed by atoms with van der Waals surface area (Å²) >= 11 is 0. The number of hydrogen-bond acceptors (Lipinski definition) is 2. The highest BCUT2D eigenvalue weighted by molar-refractivity contribution is 5.81. The van der Waals surface area contributed by atoms with Crippen LogP contribution in [0.1, 0.15) is 30.4 Å². The maximum atomic E-state index is 13.6. The van der Waals surface area contributed by atoms with Crippen LogP contribution in [0.5, 0.6) is 0 Å². The van der Waals surface area contributed by atoms with Crippen LogP contribution in [0.3, 0.4) is 0 Å². The van der Waals surface area contributed by atoms with Gasteiger partial charge in [0.05, 0.1) is 6.04 Å². The summed E-state index contributed by atoms with van der Waals surface area (Å²) in [6.45, 7) is 3.95. The fourth-order valence-corrected chi connectivity index (χ4v) is 3.27. The second kappa shape index (κ2) is 7.58. The number of hydrogen-bond donors (Lipinski definition) is 1. The zero-order valence-corrected chi connectivity index (χ0v) is 13.9. The average molecular weight is 326 g/mol. The van der Waals surface area contributed by atoms with Gasteiger partial charge in [0.25, 0.3) is 0 Å². The SMILES string of the molecule is C[C@@H](C(=O)NCc1ccccc1F)N1CC[C@@H](c2ccccc2)C1. The van der Waals surface area contributed by atoms with Gasteiger partial charge in [-0.3, -0.25) is 9.69 Å². The summed E-state index contributed by atoms with van der Waals surface area (Å²) in [5.74, 6) is 0.149. The third-order valence-electron chi connectivity index (χ3n) is 4.83. The van der Waals surface area contributed by atoms with Gasteiger partial charge in [0, 0.05) is 18.7 Å². The Labute approximate surface area is 142 Å². The molecule has 0 spiro atoms. The first kappa shape index (κ1) is 16.7. The molecule has 126 valence electrons. The van der Waals surface area contributed by atoms with Gasteiger partial charge in [-0.2, -0.15) is 0 Å². The summed E-state index contributed by atoms with van der Waals surface area (Å²) in [6.07, 6.45) is 1.06. The molecule has 2 aromatic carbocycles. The van der Waals surface area contributed by atoms with Crippen molar-refractivity contribution in [1.82, 2.24) is 10.2 Å². The third kappa shape index (κ3) is 3.82. The number of rotatable bonds is 5. The minimum absolute atomic E-state index is 0.0491. The van der Waals surface area contributed by atoms with Gasteiger partial charge in [-0.15, -0.1) is 0 Å². The van der Waals surface area contributed by atoms with Gasteiger partial charge in [0.1, 0.15) is 5.82 Å². The summed E-state index contributed by atoms with van der Waals surface area (Å²) in [5.41, 5.74) is 1.85. The lowest BCUT2D eigenvalue weighted by Gasteiger charge is -2.23. The van der Waals surface area contributed by atoms with E-state index in [1.807, 2.05) is 13.0 Å². The Morgan fingerprint density at radius 3 is 2.67 bits per heavy atom. The van der Waals surface area contributed by atoms with E-state index in [1.54, 1.807) is 18.2 Å². The molecule has 1 heterocycles. The summed E-state index contributed by atoms with van der Waals surface area (Å²) in [5, 5.41) is 2.85. The molecule has 4 heteroatoms. The Kier molecular flexibility index (Phi) is 5.26. The van der Waals surface area contributed by atoms with E-state index in [2.05, 4.69) is 34.5 Å². The number of carbonyl (C=O) groups excluding carboxylic acids is 1. The van der Waals surface area contributed by atoms with Crippen molar-refractivity contribution < 1.29 is 9.18 Å². The van der Waals surface area contributed by atoms with Crippen molar-refractivity contribution in [3.8, 4) is 0 Å². The molecule has 1 saturated heterocycles. The molecule has 1 amide bonds. The highest BCUT2D eigenvalue weighted by Crippen LogP contribution is 2.28. The zero-order valence-electron chi connectivity index (χ0n) is 13.9. The molecule has 2 aromatic rings. The maximum absolute atomic E-state index is 13.6. The molecule has 1 aliphatic heterocycles. The molecule has 0 saturated carbocycles. The molecule has 3 nitrogen and oxygen atoms in total. The van der Waals surface area contributed by atoms with Gasteiger partial charge >= 0.3 is 0 Å². The number of amides is 1. The molecular formula is C20H23FN2O. The molecule has 0 radical (unpaired) electrons. The quantitative estimate of drug-likeness (QED) is 0.914. The van der Waals surface area contributed by atoms with E-state index in [0.29, 0.717) is 11.5 Å². The first-order chi connectivity index (χ1) is 11.6. The summed E-state index contributed by atoms with van der Waals surface area (Å²) in [4.78, 5) is 14.6. The topological polar surface area (TPSA) is 32.3 Å². The van der Waals surface area contributed by atoms with Crippen LogP contribution in [0, 0.1) is 5.82 Å². The molecule has 1 aliphatic rings. The van der Waals surface area contributed by atoms with Crippen molar-refractivity contribution in [1.29, 1.82) is 0 Å². The van der Waals surface area contributed by atoms with Crippen LogP contribution in [0.2, 0.25) is 0 Å². The van der Waals surface area contributed by atoms with Crippen LogP contribution in [0.15, 0.2) is 54.6 Å². The number of halogens is 1. The Balaban J connectivity index is 1.54. The lowest BCUT2D eigenvalue weighted by Crippen LogP contribution is -2.43. The van der Waals surface area contributed by atoms with Crippen LogP contribution in [0.25, 0.3) is 0 Å². The second-order valence-electron chi connectivity index (χ2n) is 6.38. The lowest BCUT2D eigenvalue weighted by atomic mass is 9.99. The fraction of sp³-hybridized carbons (Fsp3) is 0.350. The minimum Gasteiger partial charge on any atom is -0.351 e. The maximum Gasteiger partial charge on any atom is 0.237 e. The molecular weight excluding hydrogens is 303 g/mol.